The fraction of sp³-hybridized carbons (Fsp3) is 0.185. The van der Waals surface area contributed by atoms with E-state index in [1.165, 1.54) is 0 Å². The summed E-state index contributed by atoms with van der Waals surface area (Å²) in [6.07, 6.45) is 1.77. The van der Waals surface area contributed by atoms with E-state index in [2.05, 4.69) is 15.6 Å². The number of carbonyl (C=O) groups is 2. The van der Waals surface area contributed by atoms with Gasteiger partial charge < -0.3 is 20.4 Å². The van der Waals surface area contributed by atoms with Gasteiger partial charge in [-0.3, -0.25) is 4.79 Å². The number of para-hydroxylation sites is 1. The van der Waals surface area contributed by atoms with Gasteiger partial charge in [-0.2, -0.15) is 0 Å². The molecule has 0 fully saturated rings. The zero-order valence-corrected chi connectivity index (χ0v) is 19.3. The third kappa shape index (κ3) is 6.39. The molecule has 6 nitrogen and oxygen atoms in total. The first kappa shape index (κ1) is 23.4. The SMILES string of the molecule is O=C(NCc1ccc(Cl)cc1)OCC(Cc1c[nH]c2ccccc12)C(=O)NCc1ccccc1. The molecule has 0 radical (unpaired) electrons. The van der Waals surface area contributed by atoms with Gasteiger partial charge in [0.25, 0.3) is 0 Å². The molecule has 1 heterocycles. The van der Waals surface area contributed by atoms with E-state index in [1.54, 1.807) is 12.1 Å². The zero-order valence-electron chi connectivity index (χ0n) is 18.6. The number of hydrogen-bond acceptors (Lipinski definition) is 3. The molecule has 0 aliphatic rings. The molecule has 3 N–H and O–H groups in total. The van der Waals surface area contributed by atoms with Crippen LogP contribution >= 0.6 is 11.6 Å². The summed E-state index contributed by atoms with van der Waals surface area (Å²) in [5, 5.41) is 7.37. The number of hydrogen-bond donors (Lipinski definition) is 3. The highest BCUT2D eigenvalue weighted by Crippen LogP contribution is 2.21. The lowest BCUT2D eigenvalue weighted by molar-refractivity contribution is -0.126. The van der Waals surface area contributed by atoms with Crippen LogP contribution in [0.25, 0.3) is 10.9 Å². The van der Waals surface area contributed by atoms with Crippen molar-refractivity contribution in [2.45, 2.75) is 19.5 Å². The average Bonchev–Trinajstić information content (AvgIpc) is 3.28. The Kier molecular flexibility index (Phi) is 7.83. The number of rotatable bonds is 9. The van der Waals surface area contributed by atoms with Crippen LogP contribution in [0.2, 0.25) is 5.02 Å². The van der Waals surface area contributed by atoms with Gasteiger partial charge in [-0.15, -0.1) is 0 Å². The first-order chi connectivity index (χ1) is 16.6. The predicted octanol–water partition coefficient (Wildman–Crippen LogP) is 5.22. The van der Waals surface area contributed by atoms with E-state index in [1.807, 2.05) is 72.9 Å². The Morgan fingerprint density at radius 3 is 2.32 bits per heavy atom. The number of aromatic amines is 1. The molecule has 4 aromatic rings. The third-order valence-electron chi connectivity index (χ3n) is 5.59. The normalized spacial score (nSPS) is 11.7. The second-order valence-electron chi connectivity index (χ2n) is 8.04. The summed E-state index contributed by atoms with van der Waals surface area (Å²) in [6, 6.07) is 24.8. The Bertz CT molecular complexity index is 1240. The number of H-pyrrole nitrogens is 1. The minimum Gasteiger partial charge on any atom is -0.449 e. The van der Waals surface area contributed by atoms with Crippen molar-refractivity contribution in [3.05, 3.63) is 107 Å². The average molecular weight is 476 g/mol. The fourth-order valence-corrected chi connectivity index (χ4v) is 3.85. The second kappa shape index (κ2) is 11.4. The van der Waals surface area contributed by atoms with E-state index in [4.69, 9.17) is 16.3 Å². The van der Waals surface area contributed by atoms with Gasteiger partial charge in [-0.1, -0.05) is 72.3 Å². The number of halogens is 1. The summed E-state index contributed by atoms with van der Waals surface area (Å²) in [4.78, 5) is 28.6. The standard InChI is InChI=1S/C27H26ClN3O3/c28-23-12-10-20(11-13-23)16-31-27(33)34-18-22(26(32)30-15-19-6-2-1-3-7-19)14-21-17-29-25-9-5-4-8-24(21)25/h1-13,17,22,29H,14-16,18H2,(H,30,32)(H,31,33). The van der Waals surface area contributed by atoms with E-state index in [0.29, 0.717) is 24.5 Å². The highest BCUT2D eigenvalue weighted by molar-refractivity contribution is 6.30. The summed E-state index contributed by atoms with van der Waals surface area (Å²) in [7, 11) is 0. The maximum absolute atomic E-state index is 13.1. The lowest BCUT2D eigenvalue weighted by Crippen LogP contribution is -2.36. The number of ether oxygens (including phenoxy) is 1. The van der Waals surface area contributed by atoms with Crippen LogP contribution in [0.15, 0.2) is 85.1 Å². The van der Waals surface area contributed by atoms with E-state index in [9.17, 15) is 9.59 Å². The molecule has 1 unspecified atom stereocenters. The van der Waals surface area contributed by atoms with Gasteiger partial charge in [0.1, 0.15) is 6.61 Å². The largest absolute Gasteiger partial charge is 0.449 e. The van der Waals surface area contributed by atoms with Crippen LogP contribution in [0, 0.1) is 5.92 Å². The smallest absolute Gasteiger partial charge is 0.407 e. The van der Waals surface area contributed by atoms with E-state index in [0.717, 1.165) is 27.6 Å². The third-order valence-corrected chi connectivity index (χ3v) is 5.84. The van der Waals surface area contributed by atoms with E-state index < -0.39 is 12.0 Å². The minimum absolute atomic E-state index is 0.0351. The zero-order chi connectivity index (χ0) is 23.8. The van der Waals surface area contributed by atoms with Crippen molar-refractivity contribution in [2.75, 3.05) is 6.61 Å². The molecule has 0 saturated heterocycles. The molecule has 4 rings (SSSR count). The lowest BCUT2D eigenvalue weighted by atomic mass is 9.98. The van der Waals surface area contributed by atoms with Gasteiger partial charge in [-0.25, -0.2) is 4.79 Å². The topological polar surface area (TPSA) is 83.2 Å². The predicted molar refractivity (Wildman–Crippen MR) is 133 cm³/mol. The lowest BCUT2D eigenvalue weighted by Gasteiger charge is -2.17. The highest BCUT2D eigenvalue weighted by Gasteiger charge is 2.22. The van der Waals surface area contributed by atoms with Gasteiger partial charge in [0.05, 0.1) is 5.92 Å². The molecule has 0 aliphatic carbocycles. The van der Waals surface area contributed by atoms with Crippen LogP contribution in [-0.4, -0.2) is 23.6 Å². The molecular weight excluding hydrogens is 450 g/mol. The second-order valence-corrected chi connectivity index (χ2v) is 8.48. The Labute approximate surface area is 203 Å². The molecule has 0 bridgehead atoms. The minimum atomic E-state index is -0.574. The quantitative estimate of drug-likeness (QED) is 0.310. The van der Waals surface area contributed by atoms with Crippen molar-refractivity contribution in [3.8, 4) is 0 Å². The van der Waals surface area contributed by atoms with Crippen molar-refractivity contribution >= 4 is 34.5 Å². The molecular formula is C27H26ClN3O3. The number of alkyl carbamates (subject to hydrolysis) is 1. The molecule has 1 atom stereocenters. The molecule has 0 saturated carbocycles. The van der Waals surface area contributed by atoms with Crippen molar-refractivity contribution in [1.29, 1.82) is 0 Å². The van der Waals surface area contributed by atoms with E-state index >= 15 is 0 Å². The van der Waals surface area contributed by atoms with E-state index in [-0.39, 0.29) is 12.5 Å². The molecule has 0 aliphatic heterocycles. The van der Waals surface area contributed by atoms with Gasteiger partial charge >= 0.3 is 6.09 Å². The first-order valence-electron chi connectivity index (χ1n) is 11.1. The van der Waals surface area contributed by atoms with Crippen molar-refractivity contribution in [3.63, 3.8) is 0 Å². The maximum atomic E-state index is 13.1. The van der Waals surface area contributed by atoms with Gasteiger partial charge in [0, 0.05) is 35.2 Å². The summed E-state index contributed by atoms with van der Waals surface area (Å²) in [6.45, 7) is 0.683. The van der Waals surface area contributed by atoms with Crippen LogP contribution in [0.3, 0.4) is 0 Å². The summed E-state index contributed by atoms with van der Waals surface area (Å²) >= 11 is 5.90. The van der Waals surface area contributed by atoms with Gasteiger partial charge in [0.15, 0.2) is 0 Å². The number of aromatic nitrogens is 1. The van der Waals surface area contributed by atoms with Crippen LogP contribution in [-0.2, 0) is 29.0 Å². The van der Waals surface area contributed by atoms with Crippen molar-refractivity contribution in [2.24, 2.45) is 5.92 Å². The number of nitrogens with one attached hydrogen (secondary N) is 3. The van der Waals surface area contributed by atoms with Crippen molar-refractivity contribution in [1.82, 2.24) is 15.6 Å². The fourth-order valence-electron chi connectivity index (χ4n) is 3.73. The molecule has 2 amide bonds. The Morgan fingerprint density at radius 2 is 1.53 bits per heavy atom. The number of fused-ring (bicyclic) bond motifs is 1. The van der Waals surface area contributed by atoms with Gasteiger partial charge in [-0.05, 0) is 41.3 Å². The van der Waals surface area contributed by atoms with Crippen LogP contribution in [0.4, 0.5) is 4.79 Å². The Hall–Kier alpha value is -3.77. The molecule has 34 heavy (non-hydrogen) atoms. The molecule has 3 aromatic carbocycles. The number of amides is 2. The first-order valence-corrected chi connectivity index (χ1v) is 11.5. The van der Waals surface area contributed by atoms with Gasteiger partial charge in [0.2, 0.25) is 5.91 Å². The summed E-state index contributed by atoms with van der Waals surface area (Å²) in [5.74, 6) is -0.705. The maximum Gasteiger partial charge on any atom is 0.407 e. The monoisotopic (exact) mass is 475 g/mol. The number of benzene rings is 3. The highest BCUT2D eigenvalue weighted by atomic mass is 35.5. The summed E-state index contributed by atoms with van der Waals surface area (Å²) in [5.41, 5.74) is 3.91. The van der Waals surface area contributed by atoms with Crippen LogP contribution < -0.4 is 10.6 Å². The van der Waals surface area contributed by atoms with Crippen LogP contribution in [0.1, 0.15) is 16.7 Å². The molecule has 7 heteroatoms. The van der Waals surface area contributed by atoms with Crippen LogP contribution in [0.5, 0.6) is 0 Å². The molecule has 1 aromatic heterocycles. The van der Waals surface area contributed by atoms with Crippen molar-refractivity contribution < 1.29 is 14.3 Å². The molecule has 174 valence electrons. The Morgan fingerprint density at radius 1 is 0.853 bits per heavy atom. The summed E-state index contributed by atoms with van der Waals surface area (Å²) < 4.78 is 5.44. The molecule has 0 spiro atoms. The number of carbonyl (C=O) groups excluding carboxylic acids is 2. The Balaban J connectivity index is 1.39.